The molecule has 1 atom stereocenters. The van der Waals surface area contributed by atoms with E-state index in [2.05, 4.69) is 30.2 Å². The molecule has 2 rings (SSSR count). The Bertz CT molecular complexity index is 373. The van der Waals surface area contributed by atoms with Crippen molar-refractivity contribution in [1.29, 1.82) is 0 Å². The summed E-state index contributed by atoms with van der Waals surface area (Å²) in [5.41, 5.74) is 7.21. The van der Waals surface area contributed by atoms with E-state index in [4.69, 9.17) is 10.5 Å². The summed E-state index contributed by atoms with van der Waals surface area (Å²) in [6.45, 7) is 5.49. The van der Waals surface area contributed by atoms with Gasteiger partial charge in [0.15, 0.2) is 0 Å². The fourth-order valence-corrected chi connectivity index (χ4v) is 2.79. The topological polar surface area (TPSA) is 56.3 Å². The first-order valence-corrected chi connectivity index (χ1v) is 7.28. The summed E-state index contributed by atoms with van der Waals surface area (Å²) in [4.78, 5) is 2.40. The van der Waals surface area contributed by atoms with E-state index in [0.29, 0.717) is 12.6 Å². The second-order valence-corrected chi connectivity index (χ2v) is 5.30. The molecule has 1 aliphatic heterocycles. The fraction of sp³-hybridized carbons (Fsp3) is 0.786. The van der Waals surface area contributed by atoms with Crippen molar-refractivity contribution >= 4 is 0 Å². The Labute approximate surface area is 115 Å². The normalized spacial score (nSPS) is 18.9. The summed E-state index contributed by atoms with van der Waals surface area (Å²) in [6.07, 6.45) is 7.39. The molecule has 19 heavy (non-hydrogen) atoms. The minimum Gasteiger partial charge on any atom is -0.381 e. The van der Waals surface area contributed by atoms with Crippen LogP contribution >= 0.6 is 0 Å². The first kappa shape index (κ1) is 14.5. The van der Waals surface area contributed by atoms with Crippen LogP contribution < -0.4 is 5.73 Å². The van der Waals surface area contributed by atoms with Crippen molar-refractivity contribution in [2.75, 3.05) is 26.8 Å². The minimum atomic E-state index is 0.258. The highest BCUT2D eigenvalue weighted by molar-refractivity contribution is 5.11. The standard InChI is InChI=1S/C14H26N4O/c1-3-6-18-11-12(10-16-18)14(9-15)17(2)13-4-7-19-8-5-13/h10-11,13-14H,3-9,15H2,1-2H3. The molecule has 0 aromatic carbocycles. The van der Waals surface area contributed by atoms with Crippen molar-refractivity contribution in [3.8, 4) is 0 Å². The molecule has 0 amide bonds. The number of aromatic nitrogens is 2. The number of aryl methyl sites for hydroxylation is 1. The average Bonchev–Trinajstić information content (AvgIpc) is 2.89. The van der Waals surface area contributed by atoms with E-state index in [1.54, 1.807) is 0 Å². The van der Waals surface area contributed by atoms with Crippen molar-refractivity contribution < 1.29 is 4.74 Å². The van der Waals surface area contributed by atoms with Gasteiger partial charge in [-0.1, -0.05) is 6.92 Å². The zero-order chi connectivity index (χ0) is 13.7. The van der Waals surface area contributed by atoms with Crippen molar-refractivity contribution in [2.24, 2.45) is 5.73 Å². The maximum absolute atomic E-state index is 5.99. The molecule has 1 aliphatic rings. The van der Waals surface area contributed by atoms with Gasteiger partial charge in [-0.3, -0.25) is 9.58 Å². The molecule has 1 unspecified atom stereocenters. The molecule has 0 bridgehead atoms. The molecule has 5 nitrogen and oxygen atoms in total. The summed E-state index contributed by atoms with van der Waals surface area (Å²) >= 11 is 0. The Morgan fingerprint density at radius 2 is 2.26 bits per heavy atom. The van der Waals surface area contributed by atoms with Gasteiger partial charge in [0.2, 0.25) is 0 Å². The number of hydrogen-bond acceptors (Lipinski definition) is 4. The summed E-state index contributed by atoms with van der Waals surface area (Å²) in [7, 11) is 2.17. The van der Waals surface area contributed by atoms with Crippen molar-refractivity contribution in [2.45, 2.75) is 44.8 Å². The van der Waals surface area contributed by atoms with Crippen LogP contribution in [0.2, 0.25) is 0 Å². The molecule has 0 radical (unpaired) electrons. The smallest absolute Gasteiger partial charge is 0.0538 e. The van der Waals surface area contributed by atoms with Gasteiger partial charge < -0.3 is 10.5 Å². The van der Waals surface area contributed by atoms with Crippen LogP contribution in [0, 0.1) is 0 Å². The third-order valence-corrected chi connectivity index (χ3v) is 3.97. The molecular formula is C14H26N4O. The predicted molar refractivity (Wildman–Crippen MR) is 75.9 cm³/mol. The van der Waals surface area contributed by atoms with Gasteiger partial charge in [0.05, 0.1) is 12.2 Å². The van der Waals surface area contributed by atoms with Crippen LogP contribution in [0.15, 0.2) is 12.4 Å². The van der Waals surface area contributed by atoms with E-state index in [1.165, 1.54) is 5.56 Å². The predicted octanol–water partition coefficient (Wildman–Crippen LogP) is 1.40. The third-order valence-electron chi connectivity index (χ3n) is 3.97. The van der Waals surface area contributed by atoms with Crippen molar-refractivity contribution in [3.05, 3.63) is 18.0 Å². The molecule has 2 N–H and O–H groups in total. The Kier molecular flexibility index (Phi) is 5.36. The molecule has 1 fully saturated rings. The molecule has 5 heteroatoms. The number of hydrogen-bond donors (Lipinski definition) is 1. The minimum absolute atomic E-state index is 0.258. The van der Waals surface area contributed by atoms with Crippen LogP contribution in [-0.4, -0.2) is 47.5 Å². The fourth-order valence-electron chi connectivity index (χ4n) is 2.79. The molecule has 2 heterocycles. The lowest BCUT2D eigenvalue weighted by Crippen LogP contribution is -2.41. The maximum atomic E-state index is 5.99. The lowest BCUT2D eigenvalue weighted by molar-refractivity contribution is 0.0294. The molecule has 1 aromatic rings. The Balaban J connectivity index is 2.04. The largest absolute Gasteiger partial charge is 0.381 e. The van der Waals surface area contributed by atoms with Gasteiger partial charge in [0, 0.05) is 44.1 Å². The summed E-state index contributed by atoms with van der Waals surface area (Å²) in [5, 5.41) is 4.41. The highest BCUT2D eigenvalue weighted by atomic mass is 16.5. The van der Waals surface area contributed by atoms with E-state index >= 15 is 0 Å². The van der Waals surface area contributed by atoms with E-state index in [9.17, 15) is 0 Å². The Hall–Kier alpha value is -0.910. The number of likely N-dealkylation sites (N-methyl/N-ethyl adjacent to an activating group) is 1. The van der Waals surface area contributed by atoms with E-state index in [1.807, 2.05) is 10.9 Å². The van der Waals surface area contributed by atoms with Gasteiger partial charge in [-0.05, 0) is 26.3 Å². The zero-order valence-electron chi connectivity index (χ0n) is 12.1. The average molecular weight is 266 g/mol. The zero-order valence-corrected chi connectivity index (χ0v) is 12.1. The first-order chi connectivity index (χ1) is 9.26. The highest BCUT2D eigenvalue weighted by Crippen LogP contribution is 2.24. The lowest BCUT2D eigenvalue weighted by Gasteiger charge is -2.36. The second-order valence-electron chi connectivity index (χ2n) is 5.30. The number of rotatable bonds is 6. The van der Waals surface area contributed by atoms with Crippen molar-refractivity contribution in [3.63, 3.8) is 0 Å². The maximum Gasteiger partial charge on any atom is 0.0538 e. The van der Waals surface area contributed by atoms with Crippen LogP contribution in [-0.2, 0) is 11.3 Å². The monoisotopic (exact) mass is 266 g/mol. The molecule has 108 valence electrons. The van der Waals surface area contributed by atoms with E-state index in [-0.39, 0.29) is 6.04 Å². The Morgan fingerprint density at radius 3 is 2.89 bits per heavy atom. The number of nitrogens with two attached hydrogens (primary N) is 1. The van der Waals surface area contributed by atoms with Crippen LogP contribution in [0.3, 0.4) is 0 Å². The summed E-state index contributed by atoms with van der Waals surface area (Å²) in [6, 6.07) is 0.825. The van der Waals surface area contributed by atoms with E-state index < -0.39 is 0 Å². The van der Waals surface area contributed by atoms with Gasteiger partial charge in [0.25, 0.3) is 0 Å². The molecule has 0 spiro atoms. The summed E-state index contributed by atoms with van der Waals surface area (Å²) < 4.78 is 7.44. The van der Waals surface area contributed by atoms with Gasteiger partial charge in [-0.15, -0.1) is 0 Å². The molecule has 1 saturated heterocycles. The second kappa shape index (κ2) is 7.03. The van der Waals surface area contributed by atoms with Crippen LogP contribution in [0.1, 0.15) is 37.8 Å². The summed E-state index contributed by atoms with van der Waals surface area (Å²) in [5.74, 6) is 0. The molecule has 0 aliphatic carbocycles. The van der Waals surface area contributed by atoms with Gasteiger partial charge in [-0.2, -0.15) is 5.10 Å². The van der Waals surface area contributed by atoms with Gasteiger partial charge >= 0.3 is 0 Å². The Morgan fingerprint density at radius 1 is 1.53 bits per heavy atom. The molecular weight excluding hydrogens is 240 g/mol. The van der Waals surface area contributed by atoms with Crippen LogP contribution in [0.5, 0.6) is 0 Å². The SMILES string of the molecule is CCCn1cc(C(CN)N(C)C2CCOCC2)cn1. The van der Waals surface area contributed by atoms with Crippen LogP contribution in [0.25, 0.3) is 0 Å². The van der Waals surface area contributed by atoms with E-state index in [0.717, 1.165) is 39.0 Å². The highest BCUT2D eigenvalue weighted by Gasteiger charge is 2.25. The van der Waals surface area contributed by atoms with Gasteiger partial charge in [0.1, 0.15) is 0 Å². The quantitative estimate of drug-likeness (QED) is 0.845. The number of nitrogens with zero attached hydrogens (tertiary/aromatic N) is 3. The molecule has 0 saturated carbocycles. The third kappa shape index (κ3) is 3.55. The number of ether oxygens (including phenoxy) is 1. The lowest BCUT2D eigenvalue weighted by atomic mass is 10.0. The van der Waals surface area contributed by atoms with Crippen LogP contribution in [0.4, 0.5) is 0 Å². The van der Waals surface area contributed by atoms with Gasteiger partial charge in [-0.25, -0.2) is 0 Å². The molecule has 1 aromatic heterocycles. The van der Waals surface area contributed by atoms with Crippen molar-refractivity contribution in [1.82, 2.24) is 14.7 Å². The first-order valence-electron chi connectivity index (χ1n) is 7.28.